The van der Waals surface area contributed by atoms with Crippen molar-refractivity contribution in [2.45, 2.75) is 52.6 Å². The fraction of sp³-hybridized carbons (Fsp3) is 0.516. The fourth-order valence-electron chi connectivity index (χ4n) is 6.23. The van der Waals surface area contributed by atoms with Crippen molar-refractivity contribution < 1.29 is 4.74 Å². The van der Waals surface area contributed by atoms with E-state index in [9.17, 15) is 5.26 Å². The van der Waals surface area contributed by atoms with Crippen LogP contribution in [-0.4, -0.2) is 78.7 Å². The monoisotopic (exact) mass is 527 g/mol. The summed E-state index contributed by atoms with van der Waals surface area (Å²) in [5, 5.41) is 14.1. The van der Waals surface area contributed by atoms with Gasteiger partial charge in [0.15, 0.2) is 0 Å². The second-order valence-corrected chi connectivity index (χ2v) is 10.8. The predicted molar refractivity (Wildman–Crippen MR) is 158 cm³/mol. The largest absolute Gasteiger partial charge is 0.495 e. The van der Waals surface area contributed by atoms with Crippen LogP contribution in [0.3, 0.4) is 0 Å². The van der Waals surface area contributed by atoms with Gasteiger partial charge >= 0.3 is 0 Å². The molecule has 2 saturated heterocycles. The molecule has 3 aromatic rings. The molecule has 0 saturated carbocycles. The summed E-state index contributed by atoms with van der Waals surface area (Å²) in [6.45, 7) is 16.2. The van der Waals surface area contributed by atoms with Crippen molar-refractivity contribution in [3.63, 3.8) is 0 Å². The molecule has 5 rings (SSSR count). The zero-order valence-corrected chi connectivity index (χ0v) is 24.0. The van der Waals surface area contributed by atoms with E-state index in [4.69, 9.17) is 14.7 Å². The van der Waals surface area contributed by atoms with Crippen molar-refractivity contribution in [1.82, 2.24) is 19.8 Å². The summed E-state index contributed by atoms with van der Waals surface area (Å²) in [6, 6.07) is 13.1. The van der Waals surface area contributed by atoms with Gasteiger partial charge in [0.05, 0.1) is 36.0 Å². The van der Waals surface area contributed by atoms with Crippen LogP contribution in [0.1, 0.15) is 55.2 Å². The summed E-state index contributed by atoms with van der Waals surface area (Å²) in [5.41, 5.74) is 4.76. The summed E-state index contributed by atoms with van der Waals surface area (Å²) in [4.78, 5) is 17.3. The number of hydrogen-bond donors (Lipinski definition) is 1. The van der Waals surface area contributed by atoms with Crippen molar-refractivity contribution in [2.24, 2.45) is 0 Å². The van der Waals surface area contributed by atoms with Crippen LogP contribution >= 0.6 is 0 Å². The standard InChI is InChI=1S/C31H41N7O/c1-6-36-14-16-37(17-15-36)25-10-12-38(13-11-25)29-18-27-28(19-30(29)39-5)34-23(4)35-31(27)33-22(3)26-9-7-8-24(20-32)21(26)2/h7-9,18-19,22,25H,6,10-17H2,1-5H3,(H,33,34,35). The Morgan fingerprint density at radius 1 is 1.08 bits per heavy atom. The highest BCUT2D eigenvalue weighted by atomic mass is 16.5. The molecule has 39 heavy (non-hydrogen) atoms. The number of piperidine rings is 1. The molecular weight excluding hydrogens is 486 g/mol. The van der Waals surface area contributed by atoms with E-state index >= 15 is 0 Å². The molecule has 2 aliphatic rings. The quantitative estimate of drug-likeness (QED) is 0.465. The average Bonchev–Trinajstić information content (AvgIpc) is 2.96. The third-order valence-corrected chi connectivity index (χ3v) is 8.60. The molecule has 0 bridgehead atoms. The van der Waals surface area contributed by atoms with Gasteiger partial charge in [0, 0.05) is 56.8 Å². The number of aromatic nitrogens is 2. The highest BCUT2D eigenvalue weighted by molar-refractivity contribution is 5.94. The molecule has 2 aromatic carbocycles. The Hall–Kier alpha value is -3.41. The van der Waals surface area contributed by atoms with Gasteiger partial charge in [-0.2, -0.15) is 5.26 Å². The molecule has 8 heteroatoms. The normalized spacial score (nSPS) is 18.2. The van der Waals surface area contributed by atoms with E-state index in [1.807, 2.05) is 32.0 Å². The fourth-order valence-corrected chi connectivity index (χ4v) is 6.23. The number of hydrogen-bond acceptors (Lipinski definition) is 8. The first kappa shape index (κ1) is 27.2. The Morgan fingerprint density at radius 2 is 1.82 bits per heavy atom. The maximum absolute atomic E-state index is 9.50. The van der Waals surface area contributed by atoms with Crippen molar-refractivity contribution in [1.29, 1.82) is 5.26 Å². The molecule has 1 atom stereocenters. The van der Waals surface area contributed by atoms with Gasteiger partial charge < -0.3 is 19.9 Å². The molecule has 3 heterocycles. The van der Waals surface area contributed by atoms with Crippen LogP contribution in [-0.2, 0) is 0 Å². The Kier molecular flexibility index (Phi) is 8.20. The smallest absolute Gasteiger partial charge is 0.144 e. The molecule has 0 spiro atoms. The molecule has 0 aliphatic carbocycles. The number of anilines is 2. The third kappa shape index (κ3) is 5.66. The molecule has 2 aliphatic heterocycles. The summed E-state index contributed by atoms with van der Waals surface area (Å²) in [7, 11) is 1.74. The first-order valence-corrected chi connectivity index (χ1v) is 14.3. The van der Waals surface area contributed by atoms with Crippen LogP contribution in [0, 0.1) is 25.2 Å². The van der Waals surface area contributed by atoms with E-state index in [0.29, 0.717) is 17.4 Å². The van der Waals surface area contributed by atoms with Crippen molar-refractivity contribution >= 4 is 22.4 Å². The van der Waals surface area contributed by atoms with Gasteiger partial charge in [-0.05, 0) is 63.4 Å². The lowest BCUT2D eigenvalue weighted by molar-refractivity contribution is 0.0878. The number of ether oxygens (including phenoxy) is 1. The number of likely N-dealkylation sites (N-methyl/N-ethyl adjacent to an activating group) is 1. The van der Waals surface area contributed by atoms with Gasteiger partial charge in [0.1, 0.15) is 17.4 Å². The van der Waals surface area contributed by atoms with Gasteiger partial charge in [0.25, 0.3) is 0 Å². The van der Waals surface area contributed by atoms with E-state index in [1.54, 1.807) is 7.11 Å². The zero-order chi connectivity index (χ0) is 27.5. The highest BCUT2D eigenvalue weighted by Gasteiger charge is 2.28. The lowest BCUT2D eigenvalue weighted by atomic mass is 9.98. The molecule has 1 unspecified atom stereocenters. The predicted octanol–water partition coefficient (Wildman–Crippen LogP) is 4.91. The van der Waals surface area contributed by atoms with Crippen molar-refractivity contribution in [2.75, 3.05) is 63.1 Å². The Labute approximate surface area is 232 Å². The number of benzene rings is 2. The van der Waals surface area contributed by atoms with Crippen LogP contribution in [0.2, 0.25) is 0 Å². The Morgan fingerprint density at radius 3 is 2.49 bits per heavy atom. The minimum absolute atomic E-state index is 0.0229. The van der Waals surface area contributed by atoms with Gasteiger partial charge in [-0.1, -0.05) is 19.1 Å². The van der Waals surface area contributed by atoms with E-state index in [-0.39, 0.29) is 6.04 Å². The number of nitrogens with zero attached hydrogens (tertiary/aromatic N) is 6. The summed E-state index contributed by atoms with van der Waals surface area (Å²) >= 11 is 0. The number of aryl methyl sites for hydroxylation is 1. The van der Waals surface area contributed by atoms with Gasteiger partial charge in [0.2, 0.25) is 0 Å². The lowest BCUT2D eigenvalue weighted by Gasteiger charge is -2.43. The minimum Gasteiger partial charge on any atom is -0.495 e. The molecule has 1 N–H and O–H groups in total. The number of nitriles is 1. The summed E-state index contributed by atoms with van der Waals surface area (Å²) < 4.78 is 5.88. The maximum Gasteiger partial charge on any atom is 0.144 e. The topological polar surface area (TPSA) is 80.5 Å². The van der Waals surface area contributed by atoms with E-state index in [0.717, 1.165) is 71.8 Å². The molecule has 2 fully saturated rings. The van der Waals surface area contributed by atoms with Gasteiger partial charge in [-0.25, -0.2) is 9.97 Å². The molecule has 8 nitrogen and oxygen atoms in total. The third-order valence-electron chi connectivity index (χ3n) is 8.60. The van der Waals surface area contributed by atoms with Crippen LogP contribution < -0.4 is 15.0 Å². The highest BCUT2D eigenvalue weighted by Crippen LogP contribution is 2.37. The SMILES string of the molecule is CCN1CCN(C2CCN(c3cc4c(NC(C)c5cccc(C#N)c5C)nc(C)nc4cc3OC)CC2)CC1. The molecule has 0 amide bonds. The Balaban J connectivity index is 1.39. The van der Waals surface area contributed by atoms with Crippen LogP contribution in [0.5, 0.6) is 5.75 Å². The van der Waals surface area contributed by atoms with E-state index in [2.05, 4.69) is 52.1 Å². The van der Waals surface area contributed by atoms with Crippen molar-refractivity contribution in [3.8, 4) is 11.8 Å². The number of methoxy groups -OCH3 is 1. The number of fused-ring (bicyclic) bond motifs is 1. The number of piperazine rings is 1. The van der Waals surface area contributed by atoms with Crippen LogP contribution in [0.15, 0.2) is 30.3 Å². The van der Waals surface area contributed by atoms with Gasteiger partial charge in [-0.15, -0.1) is 0 Å². The first-order chi connectivity index (χ1) is 18.9. The minimum atomic E-state index is -0.0229. The summed E-state index contributed by atoms with van der Waals surface area (Å²) in [6.07, 6.45) is 2.32. The second kappa shape index (κ2) is 11.8. The first-order valence-electron chi connectivity index (χ1n) is 14.3. The van der Waals surface area contributed by atoms with Crippen LogP contribution in [0.4, 0.5) is 11.5 Å². The molecule has 0 radical (unpaired) electrons. The number of rotatable bonds is 7. The lowest BCUT2D eigenvalue weighted by Crippen LogP contribution is -2.53. The zero-order valence-electron chi connectivity index (χ0n) is 24.0. The van der Waals surface area contributed by atoms with E-state index < -0.39 is 0 Å². The van der Waals surface area contributed by atoms with Gasteiger partial charge in [-0.3, -0.25) is 4.90 Å². The maximum atomic E-state index is 9.50. The Bertz CT molecular complexity index is 1350. The summed E-state index contributed by atoms with van der Waals surface area (Å²) in [5.74, 6) is 2.37. The molecular formula is C31H41N7O. The second-order valence-electron chi connectivity index (χ2n) is 10.8. The molecule has 206 valence electrons. The average molecular weight is 528 g/mol. The van der Waals surface area contributed by atoms with Crippen molar-refractivity contribution in [3.05, 3.63) is 52.8 Å². The van der Waals surface area contributed by atoms with Crippen LogP contribution in [0.25, 0.3) is 10.9 Å². The van der Waals surface area contributed by atoms with E-state index in [1.165, 1.54) is 26.2 Å². The molecule has 1 aromatic heterocycles. The number of nitrogens with one attached hydrogen (secondary N) is 1.